The second kappa shape index (κ2) is 48.5. The van der Waals surface area contributed by atoms with Crippen LogP contribution in [0, 0.1) is 0 Å². The molecule has 0 radical (unpaired) electrons. The maximum Gasteiger partial charge on any atom is 0.220 e. The summed E-state index contributed by atoms with van der Waals surface area (Å²) in [6, 6.07) is -0.644. The lowest BCUT2D eigenvalue weighted by Gasteiger charge is -2.19. The van der Waals surface area contributed by atoms with Gasteiger partial charge in [-0.05, 0) is 70.6 Å². The average molecular weight is 796 g/mol. The number of carbonyl (C=O) groups is 1. The molecule has 0 aromatic heterocycles. The summed E-state index contributed by atoms with van der Waals surface area (Å²) in [6.07, 6.45) is 67.8. The SMILES string of the molecule is CCCCCCC/C=C\C/C=C\C/C=C\CCCCCCCCCCCCC(=O)NC(CO)C(O)/C=C/CC/C=C/CCCCCCCCCCCCCCCC. The molecule has 0 saturated carbocycles. The van der Waals surface area contributed by atoms with Crippen molar-refractivity contribution >= 4 is 5.91 Å². The smallest absolute Gasteiger partial charge is 0.220 e. The van der Waals surface area contributed by atoms with Crippen molar-refractivity contribution in [1.29, 1.82) is 0 Å². The van der Waals surface area contributed by atoms with Crippen LogP contribution in [0.15, 0.2) is 60.8 Å². The van der Waals surface area contributed by atoms with E-state index in [1.165, 1.54) is 186 Å². The van der Waals surface area contributed by atoms with E-state index in [2.05, 4.69) is 67.8 Å². The van der Waals surface area contributed by atoms with Crippen LogP contribution in [0.5, 0.6) is 0 Å². The fraction of sp³-hybridized carbons (Fsp3) is 0.792. The van der Waals surface area contributed by atoms with Crippen LogP contribution in [0.2, 0.25) is 0 Å². The van der Waals surface area contributed by atoms with E-state index in [-0.39, 0.29) is 12.5 Å². The van der Waals surface area contributed by atoms with E-state index in [4.69, 9.17) is 0 Å². The maximum atomic E-state index is 12.4. The Labute approximate surface area is 356 Å². The molecular weight excluding hydrogens is 699 g/mol. The van der Waals surface area contributed by atoms with Gasteiger partial charge in [0, 0.05) is 6.42 Å². The number of carbonyl (C=O) groups excluding carboxylic acids is 1. The number of aliphatic hydroxyl groups excluding tert-OH is 2. The zero-order valence-electron chi connectivity index (χ0n) is 38.1. The summed E-state index contributed by atoms with van der Waals surface area (Å²) in [5.74, 6) is -0.0780. The highest BCUT2D eigenvalue weighted by molar-refractivity contribution is 5.76. The molecule has 0 heterocycles. The number of hydrogen-bond acceptors (Lipinski definition) is 3. The van der Waals surface area contributed by atoms with E-state index in [0.29, 0.717) is 6.42 Å². The quantitative estimate of drug-likeness (QED) is 0.0425. The molecule has 0 saturated heterocycles. The van der Waals surface area contributed by atoms with Crippen LogP contribution >= 0.6 is 0 Å². The molecule has 0 fully saturated rings. The van der Waals surface area contributed by atoms with Gasteiger partial charge < -0.3 is 15.5 Å². The van der Waals surface area contributed by atoms with Gasteiger partial charge in [-0.3, -0.25) is 4.79 Å². The summed E-state index contributed by atoms with van der Waals surface area (Å²) in [6.45, 7) is 4.29. The summed E-state index contributed by atoms with van der Waals surface area (Å²) < 4.78 is 0. The van der Waals surface area contributed by atoms with Crippen molar-refractivity contribution in [3.8, 4) is 0 Å². The lowest BCUT2D eigenvalue weighted by atomic mass is 10.0. The van der Waals surface area contributed by atoms with E-state index in [9.17, 15) is 15.0 Å². The molecule has 4 heteroatoms. The van der Waals surface area contributed by atoms with Crippen LogP contribution in [0.3, 0.4) is 0 Å². The molecule has 0 aromatic rings. The Balaban J connectivity index is 3.60. The lowest BCUT2D eigenvalue weighted by molar-refractivity contribution is -0.123. The summed E-state index contributed by atoms with van der Waals surface area (Å²) >= 11 is 0. The molecule has 0 spiro atoms. The van der Waals surface area contributed by atoms with E-state index >= 15 is 0 Å². The zero-order valence-corrected chi connectivity index (χ0v) is 38.1. The minimum Gasteiger partial charge on any atom is -0.394 e. The normalized spacial score (nSPS) is 13.4. The Kier molecular flexibility index (Phi) is 46.8. The number of unbranched alkanes of at least 4 members (excludes halogenated alkanes) is 30. The van der Waals surface area contributed by atoms with Crippen molar-refractivity contribution in [2.45, 2.75) is 264 Å². The first kappa shape index (κ1) is 55.1. The van der Waals surface area contributed by atoms with Crippen molar-refractivity contribution in [2.75, 3.05) is 6.61 Å². The highest BCUT2D eigenvalue weighted by Gasteiger charge is 2.17. The minimum absolute atomic E-state index is 0.0780. The highest BCUT2D eigenvalue weighted by atomic mass is 16.3. The first-order chi connectivity index (χ1) is 28.2. The Morgan fingerprint density at radius 2 is 0.737 bits per heavy atom. The predicted octanol–water partition coefficient (Wildman–Crippen LogP) is 16.1. The van der Waals surface area contributed by atoms with Crippen molar-refractivity contribution in [3.05, 3.63) is 60.8 Å². The number of allylic oxidation sites excluding steroid dienone is 9. The second-order valence-electron chi connectivity index (χ2n) is 16.9. The Hall–Kier alpha value is -1.91. The fourth-order valence-electron chi connectivity index (χ4n) is 7.38. The van der Waals surface area contributed by atoms with Gasteiger partial charge in [-0.15, -0.1) is 0 Å². The minimum atomic E-state index is -0.866. The molecule has 0 aliphatic rings. The van der Waals surface area contributed by atoms with Crippen LogP contribution in [0.1, 0.15) is 251 Å². The van der Waals surface area contributed by atoms with Gasteiger partial charge in [-0.1, -0.05) is 235 Å². The van der Waals surface area contributed by atoms with Crippen LogP contribution < -0.4 is 5.32 Å². The molecule has 0 bridgehead atoms. The van der Waals surface area contributed by atoms with Gasteiger partial charge in [-0.2, -0.15) is 0 Å². The maximum absolute atomic E-state index is 12.4. The van der Waals surface area contributed by atoms with Crippen molar-refractivity contribution < 1.29 is 15.0 Å². The third-order valence-corrected chi connectivity index (χ3v) is 11.2. The summed E-state index contributed by atoms with van der Waals surface area (Å²) in [5.41, 5.74) is 0. The topological polar surface area (TPSA) is 69.6 Å². The van der Waals surface area contributed by atoms with Crippen LogP contribution in [-0.4, -0.2) is 34.9 Å². The Bertz CT molecular complexity index is 950. The summed E-state index contributed by atoms with van der Waals surface area (Å²) in [5, 5.41) is 23.1. The van der Waals surface area contributed by atoms with E-state index < -0.39 is 12.1 Å². The predicted molar refractivity (Wildman–Crippen MR) is 253 cm³/mol. The van der Waals surface area contributed by atoms with E-state index in [1.807, 2.05) is 6.08 Å². The average Bonchev–Trinajstić information content (AvgIpc) is 3.22. The standard InChI is InChI=1S/C53H97NO3/c1-3-5-7-9-11-13-15-17-19-21-23-25-26-27-28-29-31-33-35-37-39-41-43-45-47-49-53(57)54-51(50-55)52(56)48-46-44-42-40-38-36-34-32-30-24-22-20-18-16-14-12-10-8-6-4-2/h15,17,21,23,26-27,38,40,46,48,51-52,55-56H,3-14,16,18-20,22,24-25,28-37,39,41-45,47,49-50H2,1-2H3,(H,54,57)/b17-15-,23-21-,27-26-,40-38+,48-46+. The molecule has 3 N–H and O–H groups in total. The molecule has 57 heavy (non-hydrogen) atoms. The molecule has 0 aliphatic heterocycles. The third-order valence-electron chi connectivity index (χ3n) is 11.2. The molecule has 2 atom stereocenters. The molecule has 2 unspecified atom stereocenters. The van der Waals surface area contributed by atoms with Crippen LogP contribution in [0.4, 0.5) is 0 Å². The van der Waals surface area contributed by atoms with Gasteiger partial charge in [-0.25, -0.2) is 0 Å². The second-order valence-corrected chi connectivity index (χ2v) is 16.9. The van der Waals surface area contributed by atoms with Crippen molar-refractivity contribution in [1.82, 2.24) is 5.32 Å². The van der Waals surface area contributed by atoms with Crippen molar-refractivity contribution in [2.24, 2.45) is 0 Å². The first-order valence-electron chi connectivity index (χ1n) is 25.0. The molecule has 4 nitrogen and oxygen atoms in total. The molecule has 1 amide bonds. The summed E-state index contributed by atoms with van der Waals surface area (Å²) in [4.78, 5) is 12.4. The van der Waals surface area contributed by atoms with Gasteiger partial charge in [0.05, 0.1) is 18.8 Å². The van der Waals surface area contributed by atoms with E-state index in [0.717, 1.165) is 44.9 Å². The fourth-order valence-corrected chi connectivity index (χ4v) is 7.38. The molecule has 0 aliphatic carbocycles. The zero-order chi connectivity index (χ0) is 41.4. The van der Waals surface area contributed by atoms with E-state index in [1.54, 1.807) is 6.08 Å². The number of aliphatic hydroxyl groups is 2. The summed E-state index contributed by atoms with van der Waals surface area (Å²) in [7, 11) is 0. The van der Waals surface area contributed by atoms with Crippen LogP contribution in [-0.2, 0) is 4.79 Å². The number of rotatable bonds is 45. The lowest BCUT2D eigenvalue weighted by Crippen LogP contribution is -2.45. The molecule has 0 aromatic carbocycles. The first-order valence-corrected chi connectivity index (χ1v) is 25.0. The van der Waals surface area contributed by atoms with Crippen LogP contribution in [0.25, 0.3) is 0 Å². The highest BCUT2D eigenvalue weighted by Crippen LogP contribution is 2.15. The molecule has 332 valence electrons. The largest absolute Gasteiger partial charge is 0.394 e. The van der Waals surface area contributed by atoms with Crippen molar-refractivity contribution in [3.63, 3.8) is 0 Å². The monoisotopic (exact) mass is 796 g/mol. The van der Waals surface area contributed by atoms with Gasteiger partial charge in [0.25, 0.3) is 0 Å². The number of nitrogens with one attached hydrogen (secondary N) is 1. The van der Waals surface area contributed by atoms with Gasteiger partial charge in [0.1, 0.15) is 0 Å². The number of hydrogen-bond donors (Lipinski definition) is 3. The molecular formula is C53H97NO3. The third kappa shape index (κ3) is 45.0. The molecule has 0 rings (SSSR count). The Morgan fingerprint density at radius 1 is 0.421 bits per heavy atom. The van der Waals surface area contributed by atoms with Gasteiger partial charge in [0.15, 0.2) is 0 Å². The van der Waals surface area contributed by atoms with Gasteiger partial charge >= 0.3 is 0 Å². The Morgan fingerprint density at radius 3 is 1.14 bits per heavy atom. The van der Waals surface area contributed by atoms with Gasteiger partial charge in [0.2, 0.25) is 5.91 Å². The number of amides is 1.